The van der Waals surface area contributed by atoms with E-state index in [2.05, 4.69) is 32.7 Å². The zero-order valence-corrected chi connectivity index (χ0v) is 11.3. The number of nitrogens with one attached hydrogen (secondary N) is 1. The molecule has 2 aromatic rings. The van der Waals surface area contributed by atoms with Gasteiger partial charge < -0.3 is 9.72 Å². The van der Waals surface area contributed by atoms with Gasteiger partial charge in [0.05, 0.1) is 5.69 Å². The van der Waals surface area contributed by atoms with Crippen molar-refractivity contribution in [2.45, 2.75) is 19.9 Å². The summed E-state index contributed by atoms with van der Waals surface area (Å²) in [5.74, 6) is 0. The van der Waals surface area contributed by atoms with Gasteiger partial charge in [-0.05, 0) is 32.1 Å². The molecule has 18 heavy (non-hydrogen) atoms. The zero-order chi connectivity index (χ0) is 12.8. The lowest BCUT2D eigenvalue weighted by Crippen LogP contribution is -2.31. The van der Waals surface area contributed by atoms with Crippen LogP contribution in [0.25, 0.3) is 5.65 Å². The van der Waals surface area contributed by atoms with E-state index in [9.17, 15) is 0 Å². The van der Waals surface area contributed by atoms with Gasteiger partial charge in [0.15, 0.2) is 0 Å². The fourth-order valence-corrected chi connectivity index (χ4v) is 2.15. The molecule has 0 aliphatic rings. The number of pyridine rings is 1. The quantitative estimate of drug-likeness (QED) is 0.808. The largest absolute Gasteiger partial charge is 0.318 e. The van der Waals surface area contributed by atoms with Crippen LogP contribution in [0.2, 0.25) is 0 Å². The lowest BCUT2D eigenvalue weighted by Gasteiger charge is -2.20. The Bertz CT molecular complexity index is 444. The van der Waals surface area contributed by atoms with Gasteiger partial charge in [0.1, 0.15) is 5.65 Å². The van der Waals surface area contributed by atoms with Gasteiger partial charge in [-0.15, -0.1) is 0 Å². The van der Waals surface area contributed by atoms with Gasteiger partial charge >= 0.3 is 0 Å². The van der Waals surface area contributed by atoms with Gasteiger partial charge in [0.25, 0.3) is 0 Å². The van der Waals surface area contributed by atoms with Gasteiger partial charge in [0, 0.05) is 32.0 Å². The molecule has 2 heterocycles. The van der Waals surface area contributed by atoms with E-state index in [1.54, 1.807) is 0 Å². The van der Waals surface area contributed by atoms with Crippen molar-refractivity contribution >= 4 is 5.65 Å². The number of fused-ring (bicyclic) bond motifs is 1. The molecule has 2 rings (SSSR count). The Balaban J connectivity index is 2.05. The Hall–Kier alpha value is -1.39. The van der Waals surface area contributed by atoms with E-state index in [0.29, 0.717) is 0 Å². The Kier molecular flexibility index (Phi) is 4.73. The molecule has 0 aliphatic carbocycles. The number of rotatable bonds is 7. The predicted octanol–water partition coefficient (Wildman–Crippen LogP) is 1.77. The van der Waals surface area contributed by atoms with Crippen molar-refractivity contribution in [3.63, 3.8) is 0 Å². The lowest BCUT2D eigenvalue weighted by atomic mass is 10.3. The first-order valence-corrected chi connectivity index (χ1v) is 6.63. The van der Waals surface area contributed by atoms with Crippen molar-refractivity contribution in [2.75, 3.05) is 26.7 Å². The highest BCUT2D eigenvalue weighted by atomic mass is 15.1. The van der Waals surface area contributed by atoms with E-state index in [4.69, 9.17) is 0 Å². The van der Waals surface area contributed by atoms with Crippen LogP contribution in [0.1, 0.15) is 19.0 Å². The maximum atomic E-state index is 4.64. The minimum atomic E-state index is 0.928. The van der Waals surface area contributed by atoms with Gasteiger partial charge in [-0.25, -0.2) is 4.98 Å². The van der Waals surface area contributed by atoms with Crippen LogP contribution < -0.4 is 5.32 Å². The summed E-state index contributed by atoms with van der Waals surface area (Å²) < 4.78 is 2.08. The van der Waals surface area contributed by atoms with Crippen molar-refractivity contribution in [1.29, 1.82) is 0 Å². The monoisotopic (exact) mass is 246 g/mol. The fourth-order valence-electron chi connectivity index (χ4n) is 2.15. The van der Waals surface area contributed by atoms with Gasteiger partial charge in [-0.3, -0.25) is 4.90 Å². The first kappa shape index (κ1) is 13.1. The van der Waals surface area contributed by atoms with Crippen LogP contribution >= 0.6 is 0 Å². The highest BCUT2D eigenvalue weighted by Crippen LogP contribution is 2.07. The van der Waals surface area contributed by atoms with Crippen LogP contribution in [0, 0.1) is 0 Å². The second kappa shape index (κ2) is 6.52. The first-order valence-electron chi connectivity index (χ1n) is 6.63. The molecule has 0 amide bonds. The molecule has 1 N–H and O–H groups in total. The molecule has 4 heteroatoms. The topological polar surface area (TPSA) is 32.6 Å². The van der Waals surface area contributed by atoms with Crippen molar-refractivity contribution in [3.8, 4) is 0 Å². The van der Waals surface area contributed by atoms with E-state index < -0.39 is 0 Å². The molecular weight excluding hydrogens is 224 g/mol. The number of imidazole rings is 1. The van der Waals surface area contributed by atoms with Gasteiger partial charge in [-0.1, -0.05) is 13.0 Å². The van der Waals surface area contributed by atoms with Crippen molar-refractivity contribution in [3.05, 3.63) is 36.3 Å². The van der Waals surface area contributed by atoms with E-state index >= 15 is 0 Å². The van der Waals surface area contributed by atoms with Gasteiger partial charge in [0.2, 0.25) is 0 Å². The minimum absolute atomic E-state index is 0.928. The van der Waals surface area contributed by atoms with Crippen molar-refractivity contribution < 1.29 is 0 Å². The third-order valence-electron chi connectivity index (χ3n) is 3.02. The summed E-state index contributed by atoms with van der Waals surface area (Å²) in [5, 5.41) is 3.20. The van der Waals surface area contributed by atoms with Gasteiger partial charge in [-0.2, -0.15) is 0 Å². The molecule has 0 bridgehead atoms. The summed E-state index contributed by atoms with van der Waals surface area (Å²) in [6.07, 6.45) is 5.35. The summed E-state index contributed by atoms with van der Waals surface area (Å²) in [5.41, 5.74) is 2.17. The van der Waals surface area contributed by atoms with E-state index in [-0.39, 0.29) is 0 Å². The third-order valence-corrected chi connectivity index (χ3v) is 3.02. The molecular formula is C14H22N4. The Labute approximate surface area is 109 Å². The molecule has 0 saturated carbocycles. The maximum absolute atomic E-state index is 4.64. The molecule has 0 spiro atoms. The Morgan fingerprint density at radius 2 is 2.22 bits per heavy atom. The molecule has 0 fully saturated rings. The number of aromatic nitrogens is 2. The molecule has 0 aromatic carbocycles. The summed E-state index contributed by atoms with van der Waals surface area (Å²) in [4.78, 5) is 7.09. The third kappa shape index (κ3) is 3.31. The van der Waals surface area contributed by atoms with E-state index in [1.165, 1.54) is 6.42 Å². The lowest BCUT2D eigenvalue weighted by molar-refractivity contribution is 0.265. The van der Waals surface area contributed by atoms with Crippen molar-refractivity contribution in [1.82, 2.24) is 19.6 Å². The van der Waals surface area contributed by atoms with Crippen LogP contribution in [0.15, 0.2) is 30.6 Å². The second-order valence-electron chi connectivity index (χ2n) is 4.58. The molecule has 2 aromatic heterocycles. The summed E-state index contributed by atoms with van der Waals surface area (Å²) in [6.45, 7) is 6.36. The highest BCUT2D eigenvalue weighted by Gasteiger charge is 2.07. The maximum Gasteiger partial charge on any atom is 0.137 e. The Morgan fingerprint density at radius 3 is 2.94 bits per heavy atom. The second-order valence-corrected chi connectivity index (χ2v) is 4.58. The zero-order valence-electron chi connectivity index (χ0n) is 11.3. The van der Waals surface area contributed by atoms with Crippen LogP contribution in [0.5, 0.6) is 0 Å². The SMILES string of the molecule is CCCN(CCNC)Cc1cn2ccccc2n1. The standard InChI is InChI=1S/C14H22N4/c1-3-8-17(10-7-15-2)11-13-12-18-9-5-4-6-14(18)16-13/h4-6,9,12,15H,3,7-8,10-11H2,1-2H3. The average molecular weight is 246 g/mol. The van der Waals surface area contributed by atoms with Crippen LogP contribution in [-0.4, -0.2) is 41.0 Å². The Morgan fingerprint density at radius 1 is 1.33 bits per heavy atom. The highest BCUT2D eigenvalue weighted by molar-refractivity contribution is 5.39. The number of hydrogen-bond acceptors (Lipinski definition) is 3. The molecule has 0 saturated heterocycles. The van der Waals surface area contributed by atoms with Crippen LogP contribution in [0.4, 0.5) is 0 Å². The predicted molar refractivity (Wildman–Crippen MR) is 74.7 cm³/mol. The summed E-state index contributed by atoms with van der Waals surface area (Å²) >= 11 is 0. The molecule has 98 valence electrons. The number of hydrogen-bond donors (Lipinski definition) is 1. The van der Waals surface area contributed by atoms with E-state index in [0.717, 1.165) is 37.5 Å². The fraction of sp³-hybridized carbons (Fsp3) is 0.500. The van der Waals surface area contributed by atoms with Crippen LogP contribution in [-0.2, 0) is 6.54 Å². The van der Waals surface area contributed by atoms with Crippen LogP contribution in [0.3, 0.4) is 0 Å². The molecule has 0 aliphatic heterocycles. The number of likely N-dealkylation sites (N-methyl/N-ethyl adjacent to an activating group) is 1. The minimum Gasteiger partial charge on any atom is -0.318 e. The molecule has 0 radical (unpaired) electrons. The summed E-state index contributed by atoms with van der Waals surface area (Å²) in [7, 11) is 2.00. The summed E-state index contributed by atoms with van der Waals surface area (Å²) in [6, 6.07) is 6.10. The smallest absolute Gasteiger partial charge is 0.137 e. The van der Waals surface area contributed by atoms with Crippen molar-refractivity contribution in [2.24, 2.45) is 0 Å². The molecule has 0 unspecified atom stereocenters. The molecule has 0 atom stereocenters. The van der Waals surface area contributed by atoms with E-state index in [1.807, 2.05) is 31.4 Å². The first-order chi connectivity index (χ1) is 8.83. The molecule has 4 nitrogen and oxygen atoms in total. The average Bonchev–Trinajstić information content (AvgIpc) is 2.78. The number of nitrogens with zero attached hydrogens (tertiary/aromatic N) is 3. The normalized spacial score (nSPS) is 11.5.